The minimum atomic E-state index is 0.187. The highest BCUT2D eigenvalue weighted by Gasteiger charge is 2.09. The van der Waals surface area contributed by atoms with E-state index in [4.69, 9.17) is 15.0 Å². The topological polar surface area (TPSA) is 80.1 Å². The van der Waals surface area contributed by atoms with E-state index in [0.29, 0.717) is 30.5 Å². The molecule has 0 N–H and O–H groups in total. The maximum Gasteiger partial charge on any atom is 0.257 e. The Hall–Kier alpha value is -2.72. The summed E-state index contributed by atoms with van der Waals surface area (Å²) in [4.78, 5) is 7.11. The van der Waals surface area contributed by atoms with E-state index < -0.39 is 0 Å². The van der Waals surface area contributed by atoms with Gasteiger partial charge in [-0.1, -0.05) is 42.4 Å². The average Bonchev–Trinajstić information content (AvgIpc) is 2.58. The van der Waals surface area contributed by atoms with Crippen molar-refractivity contribution in [2.45, 2.75) is 26.5 Å². The van der Waals surface area contributed by atoms with E-state index in [2.05, 4.69) is 15.0 Å². The van der Waals surface area contributed by atoms with Gasteiger partial charge in [-0.15, -0.1) is 0 Å². The first-order chi connectivity index (χ1) is 10.8. The number of hydrogen-bond acceptors (Lipinski definition) is 4. The molecule has 0 saturated carbocycles. The standard InChI is InChI=1S/C16H18N4O2/c1-2-10-21-15-9-8-14(11-18-20-17)19-16(15)22-12-13-6-4-3-5-7-13/h3-9H,2,10-12H2,1H3. The molecule has 2 aromatic rings. The van der Waals surface area contributed by atoms with Crippen molar-refractivity contribution in [2.75, 3.05) is 6.61 Å². The summed E-state index contributed by atoms with van der Waals surface area (Å²) in [5.41, 5.74) is 10.1. The minimum absolute atomic E-state index is 0.187. The molecule has 0 aliphatic heterocycles. The maximum absolute atomic E-state index is 8.39. The molecule has 6 heteroatoms. The van der Waals surface area contributed by atoms with E-state index in [9.17, 15) is 0 Å². The third kappa shape index (κ3) is 4.68. The second-order valence-electron chi connectivity index (χ2n) is 4.62. The van der Waals surface area contributed by atoms with E-state index in [1.165, 1.54) is 0 Å². The predicted octanol–water partition coefficient (Wildman–Crippen LogP) is 4.26. The van der Waals surface area contributed by atoms with Crippen LogP contribution in [-0.2, 0) is 13.2 Å². The first-order valence-corrected chi connectivity index (χ1v) is 7.13. The van der Waals surface area contributed by atoms with Crippen LogP contribution in [0.3, 0.4) is 0 Å². The zero-order valence-electron chi connectivity index (χ0n) is 12.5. The van der Waals surface area contributed by atoms with Crippen LogP contribution < -0.4 is 9.47 Å². The van der Waals surface area contributed by atoms with Gasteiger partial charge in [0.1, 0.15) is 6.61 Å². The van der Waals surface area contributed by atoms with E-state index in [1.807, 2.05) is 37.3 Å². The largest absolute Gasteiger partial charge is 0.488 e. The highest BCUT2D eigenvalue weighted by atomic mass is 16.5. The van der Waals surface area contributed by atoms with E-state index in [-0.39, 0.29) is 6.54 Å². The minimum Gasteiger partial charge on any atom is -0.488 e. The lowest BCUT2D eigenvalue weighted by Crippen LogP contribution is -2.04. The van der Waals surface area contributed by atoms with Gasteiger partial charge in [-0.05, 0) is 29.6 Å². The SMILES string of the molecule is CCCOc1ccc(CN=[N+]=[N-])nc1OCc1ccccc1. The van der Waals surface area contributed by atoms with Crippen molar-refractivity contribution in [1.29, 1.82) is 0 Å². The van der Waals surface area contributed by atoms with Crippen LogP contribution in [0.1, 0.15) is 24.6 Å². The average molecular weight is 298 g/mol. The molecular weight excluding hydrogens is 280 g/mol. The zero-order chi connectivity index (χ0) is 15.6. The molecule has 1 aromatic carbocycles. The molecule has 0 spiro atoms. The van der Waals surface area contributed by atoms with Crippen molar-refractivity contribution in [2.24, 2.45) is 5.11 Å². The van der Waals surface area contributed by atoms with Crippen LogP contribution in [0.4, 0.5) is 0 Å². The van der Waals surface area contributed by atoms with Crippen molar-refractivity contribution in [3.05, 3.63) is 64.2 Å². The summed E-state index contributed by atoms with van der Waals surface area (Å²) < 4.78 is 11.4. The number of nitrogens with zero attached hydrogens (tertiary/aromatic N) is 4. The molecule has 0 aliphatic rings. The summed E-state index contributed by atoms with van der Waals surface area (Å²) in [6.45, 7) is 3.22. The lowest BCUT2D eigenvalue weighted by atomic mass is 10.2. The number of azide groups is 1. The zero-order valence-corrected chi connectivity index (χ0v) is 12.5. The molecule has 0 saturated heterocycles. The third-order valence-electron chi connectivity index (χ3n) is 2.86. The maximum atomic E-state index is 8.39. The highest BCUT2D eigenvalue weighted by molar-refractivity contribution is 5.35. The van der Waals surface area contributed by atoms with Crippen molar-refractivity contribution in [3.63, 3.8) is 0 Å². The molecule has 0 radical (unpaired) electrons. The molecule has 0 unspecified atom stereocenters. The van der Waals surface area contributed by atoms with Crippen LogP contribution in [0, 0.1) is 0 Å². The van der Waals surface area contributed by atoms with Gasteiger partial charge in [0.05, 0.1) is 18.8 Å². The van der Waals surface area contributed by atoms with Gasteiger partial charge in [0.15, 0.2) is 5.75 Å². The molecule has 114 valence electrons. The van der Waals surface area contributed by atoms with Crippen LogP contribution in [0.25, 0.3) is 10.4 Å². The van der Waals surface area contributed by atoms with Gasteiger partial charge in [-0.3, -0.25) is 0 Å². The second kappa shape index (κ2) is 8.54. The van der Waals surface area contributed by atoms with Crippen molar-refractivity contribution in [1.82, 2.24) is 4.98 Å². The normalized spacial score (nSPS) is 9.86. The molecule has 2 rings (SSSR count). The molecule has 22 heavy (non-hydrogen) atoms. The predicted molar refractivity (Wildman–Crippen MR) is 83.6 cm³/mol. The fourth-order valence-corrected chi connectivity index (χ4v) is 1.81. The molecule has 1 aromatic heterocycles. The summed E-state index contributed by atoms with van der Waals surface area (Å²) in [6.07, 6.45) is 0.901. The second-order valence-corrected chi connectivity index (χ2v) is 4.62. The Morgan fingerprint density at radius 1 is 1.14 bits per heavy atom. The summed E-state index contributed by atoms with van der Waals surface area (Å²) in [5.74, 6) is 1.02. The van der Waals surface area contributed by atoms with Crippen molar-refractivity contribution >= 4 is 0 Å². The monoisotopic (exact) mass is 298 g/mol. The number of hydrogen-bond donors (Lipinski definition) is 0. The van der Waals surface area contributed by atoms with E-state index >= 15 is 0 Å². The fourth-order valence-electron chi connectivity index (χ4n) is 1.81. The Balaban J connectivity index is 2.14. The lowest BCUT2D eigenvalue weighted by Gasteiger charge is -2.12. The number of aromatic nitrogens is 1. The molecule has 1 heterocycles. The van der Waals surface area contributed by atoms with Gasteiger partial charge in [-0.2, -0.15) is 0 Å². The van der Waals surface area contributed by atoms with Crippen LogP contribution in [-0.4, -0.2) is 11.6 Å². The fraction of sp³-hybridized carbons (Fsp3) is 0.312. The Morgan fingerprint density at radius 3 is 2.68 bits per heavy atom. The Morgan fingerprint density at radius 2 is 1.95 bits per heavy atom. The Kier molecular flexibility index (Phi) is 6.08. The van der Waals surface area contributed by atoms with Gasteiger partial charge < -0.3 is 9.47 Å². The molecule has 0 atom stereocenters. The quantitative estimate of drug-likeness (QED) is 0.415. The number of benzene rings is 1. The van der Waals surface area contributed by atoms with Crippen LogP contribution in [0.5, 0.6) is 11.6 Å². The van der Waals surface area contributed by atoms with Gasteiger partial charge >= 0.3 is 0 Å². The van der Waals surface area contributed by atoms with E-state index in [1.54, 1.807) is 12.1 Å². The van der Waals surface area contributed by atoms with Crippen molar-refractivity contribution < 1.29 is 9.47 Å². The Bertz CT molecular complexity index is 640. The van der Waals surface area contributed by atoms with Gasteiger partial charge in [0.25, 0.3) is 5.88 Å². The highest BCUT2D eigenvalue weighted by Crippen LogP contribution is 2.26. The van der Waals surface area contributed by atoms with Crippen LogP contribution in [0.2, 0.25) is 0 Å². The summed E-state index contributed by atoms with van der Waals surface area (Å²) in [7, 11) is 0. The van der Waals surface area contributed by atoms with Gasteiger partial charge in [0, 0.05) is 4.91 Å². The molecule has 0 amide bonds. The van der Waals surface area contributed by atoms with Gasteiger partial charge in [-0.25, -0.2) is 4.98 Å². The summed E-state index contributed by atoms with van der Waals surface area (Å²) >= 11 is 0. The summed E-state index contributed by atoms with van der Waals surface area (Å²) in [5, 5.41) is 3.51. The van der Waals surface area contributed by atoms with Crippen molar-refractivity contribution in [3.8, 4) is 11.6 Å². The number of ether oxygens (including phenoxy) is 2. The van der Waals surface area contributed by atoms with Crippen LogP contribution >= 0.6 is 0 Å². The smallest absolute Gasteiger partial charge is 0.257 e. The number of pyridine rings is 1. The molecule has 0 bridgehead atoms. The Labute approximate surface area is 129 Å². The van der Waals surface area contributed by atoms with Crippen LogP contribution in [0.15, 0.2) is 47.6 Å². The first-order valence-electron chi connectivity index (χ1n) is 7.13. The van der Waals surface area contributed by atoms with E-state index in [0.717, 1.165) is 12.0 Å². The molecular formula is C16H18N4O2. The lowest BCUT2D eigenvalue weighted by molar-refractivity contribution is 0.251. The number of rotatable bonds is 8. The third-order valence-corrected chi connectivity index (χ3v) is 2.86. The molecule has 6 nitrogen and oxygen atoms in total. The molecule has 0 aliphatic carbocycles. The molecule has 0 fully saturated rings. The first kappa shape index (κ1) is 15.7. The van der Waals surface area contributed by atoms with Gasteiger partial charge in [0.2, 0.25) is 0 Å². The summed E-state index contributed by atoms with van der Waals surface area (Å²) in [6, 6.07) is 13.4.